The largest absolute Gasteiger partial charge is 0.486 e. The molecular weight excluding hydrogens is 358 g/mol. The molecule has 2 aromatic carbocycles. The van der Waals surface area contributed by atoms with Crippen molar-refractivity contribution in [3.8, 4) is 5.75 Å². The Balaban J connectivity index is 1.64. The zero-order valence-corrected chi connectivity index (χ0v) is 16.2. The molecule has 0 bridgehead atoms. The summed E-state index contributed by atoms with van der Waals surface area (Å²) in [7, 11) is 1.29. The lowest BCUT2D eigenvalue weighted by Crippen LogP contribution is -2.52. The number of hydrogen-bond acceptors (Lipinski definition) is 5. The molecule has 1 amide bonds. The summed E-state index contributed by atoms with van der Waals surface area (Å²) in [4.78, 5) is 24.3. The summed E-state index contributed by atoms with van der Waals surface area (Å²) in [5.41, 5.74) is -1.11. The average molecular weight is 381 g/mol. The Morgan fingerprint density at radius 2 is 1.82 bits per heavy atom. The van der Waals surface area contributed by atoms with Crippen LogP contribution in [0.4, 0.5) is 0 Å². The van der Waals surface area contributed by atoms with Gasteiger partial charge in [0.1, 0.15) is 23.7 Å². The third-order valence-electron chi connectivity index (χ3n) is 4.72. The van der Waals surface area contributed by atoms with Crippen molar-refractivity contribution in [3.63, 3.8) is 0 Å². The molecule has 3 rings (SSSR count). The number of rotatable bonds is 7. The molecule has 0 aliphatic heterocycles. The van der Waals surface area contributed by atoms with Crippen LogP contribution in [0.3, 0.4) is 0 Å². The van der Waals surface area contributed by atoms with Crippen LogP contribution in [0.2, 0.25) is 0 Å². The lowest BCUT2D eigenvalue weighted by molar-refractivity contribution is -0.147. The van der Waals surface area contributed by atoms with Crippen molar-refractivity contribution in [2.75, 3.05) is 7.11 Å². The molecule has 1 aromatic heterocycles. The Morgan fingerprint density at radius 1 is 1.07 bits per heavy atom. The number of esters is 1. The van der Waals surface area contributed by atoms with Gasteiger partial charge >= 0.3 is 5.97 Å². The second-order valence-corrected chi connectivity index (χ2v) is 6.69. The highest BCUT2D eigenvalue weighted by Gasteiger charge is 2.35. The van der Waals surface area contributed by atoms with Gasteiger partial charge in [0.15, 0.2) is 5.76 Å². The van der Waals surface area contributed by atoms with Gasteiger partial charge in [-0.05, 0) is 48.4 Å². The molecule has 0 radical (unpaired) electrons. The Hall–Kier alpha value is -3.28. The van der Waals surface area contributed by atoms with Crippen molar-refractivity contribution >= 4 is 22.6 Å². The molecule has 0 saturated heterocycles. The van der Waals surface area contributed by atoms with Gasteiger partial charge in [-0.15, -0.1) is 0 Å². The highest BCUT2D eigenvalue weighted by molar-refractivity contribution is 5.96. The fourth-order valence-electron chi connectivity index (χ4n) is 2.81. The van der Waals surface area contributed by atoms with Crippen LogP contribution in [0.15, 0.2) is 59.0 Å². The van der Waals surface area contributed by atoms with Gasteiger partial charge in [-0.3, -0.25) is 4.79 Å². The van der Waals surface area contributed by atoms with Gasteiger partial charge in [-0.25, -0.2) is 4.79 Å². The molecule has 3 aromatic rings. The number of carbonyl (C=O) groups is 2. The molecule has 0 fully saturated rings. The van der Waals surface area contributed by atoms with Crippen LogP contribution in [-0.2, 0) is 16.1 Å². The lowest BCUT2D eigenvalue weighted by atomic mass is 9.99. The Morgan fingerprint density at radius 3 is 2.54 bits per heavy atom. The Labute approximate surface area is 163 Å². The summed E-state index contributed by atoms with van der Waals surface area (Å²) in [6.07, 6.45) is 0.393. The van der Waals surface area contributed by atoms with E-state index in [1.165, 1.54) is 7.11 Å². The van der Waals surface area contributed by atoms with Gasteiger partial charge in [0.2, 0.25) is 0 Å². The number of nitrogens with one attached hydrogen (secondary N) is 1. The van der Waals surface area contributed by atoms with Gasteiger partial charge in [0.25, 0.3) is 5.91 Å². The zero-order chi connectivity index (χ0) is 20.1. The first kappa shape index (κ1) is 19.5. The third-order valence-corrected chi connectivity index (χ3v) is 4.72. The number of ether oxygens (including phenoxy) is 2. The summed E-state index contributed by atoms with van der Waals surface area (Å²) in [5.74, 6) is 0.349. The van der Waals surface area contributed by atoms with Gasteiger partial charge in [-0.1, -0.05) is 37.3 Å². The maximum atomic E-state index is 12.4. The summed E-state index contributed by atoms with van der Waals surface area (Å²) < 4.78 is 16.1. The molecule has 6 heteroatoms. The fraction of sp³-hybridized carbons (Fsp3) is 0.273. The number of furan rings is 1. The van der Waals surface area contributed by atoms with Crippen molar-refractivity contribution in [1.82, 2.24) is 5.32 Å². The Bertz CT molecular complexity index is 993. The predicted molar refractivity (Wildman–Crippen MR) is 105 cm³/mol. The van der Waals surface area contributed by atoms with E-state index in [0.29, 0.717) is 17.9 Å². The highest BCUT2D eigenvalue weighted by atomic mass is 16.5. The molecule has 0 aliphatic carbocycles. The third kappa shape index (κ3) is 4.17. The number of carbonyl (C=O) groups excluding carboxylic acids is 2. The fourth-order valence-corrected chi connectivity index (χ4v) is 2.81. The first-order valence-electron chi connectivity index (χ1n) is 9.06. The van der Waals surface area contributed by atoms with Crippen molar-refractivity contribution < 1.29 is 23.5 Å². The summed E-state index contributed by atoms with van der Waals surface area (Å²) >= 11 is 0. The normalized spacial score (nSPS) is 13.0. The predicted octanol–water partition coefficient (Wildman–Crippen LogP) is 4.08. The molecule has 1 unspecified atom stereocenters. The molecule has 6 nitrogen and oxygen atoms in total. The standard InChI is InChI=1S/C22H23NO5/c1-4-22(2,21(25)26-3)23-20(24)19-12-11-18(28-19)14-27-17-10-9-15-7-5-6-8-16(15)13-17/h5-13H,4,14H2,1-3H3,(H,23,24). The first-order chi connectivity index (χ1) is 13.4. The zero-order valence-electron chi connectivity index (χ0n) is 16.2. The van der Waals surface area contributed by atoms with Crippen molar-refractivity contribution in [1.29, 1.82) is 0 Å². The van der Waals surface area contributed by atoms with E-state index in [1.807, 2.05) is 42.5 Å². The molecule has 0 aliphatic rings. The maximum absolute atomic E-state index is 12.4. The van der Waals surface area contributed by atoms with E-state index < -0.39 is 17.4 Å². The highest BCUT2D eigenvalue weighted by Crippen LogP contribution is 2.22. The second-order valence-electron chi connectivity index (χ2n) is 6.69. The quantitative estimate of drug-likeness (QED) is 0.624. The number of methoxy groups -OCH3 is 1. The topological polar surface area (TPSA) is 77.8 Å². The van der Waals surface area contributed by atoms with Gasteiger partial charge in [0, 0.05) is 0 Å². The number of benzene rings is 2. The number of fused-ring (bicyclic) bond motifs is 1. The van der Waals surface area contributed by atoms with Crippen LogP contribution < -0.4 is 10.1 Å². The number of amides is 1. The second kappa shape index (κ2) is 8.17. The van der Waals surface area contributed by atoms with E-state index in [-0.39, 0.29) is 12.4 Å². The molecule has 1 N–H and O–H groups in total. The molecular formula is C22H23NO5. The summed E-state index contributed by atoms with van der Waals surface area (Å²) in [6.45, 7) is 3.60. The first-order valence-corrected chi connectivity index (χ1v) is 9.06. The summed E-state index contributed by atoms with van der Waals surface area (Å²) in [6, 6.07) is 17.1. The molecule has 0 saturated carbocycles. The Kier molecular flexibility index (Phi) is 5.68. The van der Waals surface area contributed by atoms with E-state index >= 15 is 0 Å². The van der Waals surface area contributed by atoms with Gasteiger partial charge in [0.05, 0.1) is 7.11 Å². The van der Waals surface area contributed by atoms with Crippen molar-refractivity contribution in [3.05, 3.63) is 66.1 Å². The maximum Gasteiger partial charge on any atom is 0.331 e. The molecule has 1 heterocycles. The van der Waals surface area contributed by atoms with Crippen molar-refractivity contribution in [2.45, 2.75) is 32.4 Å². The average Bonchev–Trinajstić information content (AvgIpc) is 3.20. The van der Waals surface area contributed by atoms with E-state index in [1.54, 1.807) is 26.0 Å². The van der Waals surface area contributed by atoms with Gasteiger partial charge < -0.3 is 19.2 Å². The molecule has 28 heavy (non-hydrogen) atoms. The molecule has 0 spiro atoms. The minimum Gasteiger partial charge on any atom is -0.486 e. The molecule has 146 valence electrons. The van der Waals surface area contributed by atoms with Crippen LogP contribution in [0.5, 0.6) is 5.75 Å². The van der Waals surface area contributed by atoms with Crippen LogP contribution in [0, 0.1) is 0 Å². The minimum absolute atomic E-state index is 0.112. The van der Waals surface area contributed by atoms with Crippen LogP contribution in [0.25, 0.3) is 10.8 Å². The van der Waals surface area contributed by atoms with Crippen LogP contribution >= 0.6 is 0 Å². The minimum atomic E-state index is -1.11. The van der Waals surface area contributed by atoms with Gasteiger partial charge in [-0.2, -0.15) is 0 Å². The number of hydrogen-bond donors (Lipinski definition) is 1. The van der Waals surface area contributed by atoms with E-state index in [4.69, 9.17) is 13.9 Å². The lowest BCUT2D eigenvalue weighted by Gasteiger charge is -2.25. The van der Waals surface area contributed by atoms with Crippen LogP contribution in [0.1, 0.15) is 36.6 Å². The van der Waals surface area contributed by atoms with Crippen LogP contribution in [-0.4, -0.2) is 24.5 Å². The van der Waals surface area contributed by atoms with E-state index in [0.717, 1.165) is 10.8 Å². The van der Waals surface area contributed by atoms with E-state index in [9.17, 15) is 9.59 Å². The monoisotopic (exact) mass is 381 g/mol. The molecule has 1 atom stereocenters. The smallest absolute Gasteiger partial charge is 0.331 e. The van der Waals surface area contributed by atoms with E-state index in [2.05, 4.69) is 5.32 Å². The SMILES string of the molecule is CCC(C)(NC(=O)c1ccc(COc2ccc3ccccc3c2)o1)C(=O)OC. The van der Waals surface area contributed by atoms with Crippen molar-refractivity contribution in [2.24, 2.45) is 0 Å². The summed E-state index contributed by atoms with van der Waals surface area (Å²) in [5, 5.41) is 4.89.